The molecule has 0 aliphatic heterocycles. The highest BCUT2D eigenvalue weighted by Crippen LogP contribution is 2.22. The molecule has 0 fully saturated rings. The third-order valence-corrected chi connectivity index (χ3v) is 4.19. The van der Waals surface area contributed by atoms with E-state index >= 15 is 0 Å². The number of nitrogens with one attached hydrogen (secondary N) is 2. The fraction of sp³-hybridized carbons (Fsp3) is 0.200. The molecule has 0 saturated carbocycles. The minimum Gasteiger partial charge on any atom is -0.309 e. The van der Waals surface area contributed by atoms with Gasteiger partial charge < -0.3 is 5.32 Å². The van der Waals surface area contributed by atoms with Crippen molar-refractivity contribution in [3.05, 3.63) is 75.8 Å². The van der Waals surface area contributed by atoms with E-state index in [0.29, 0.717) is 11.4 Å². The standard InChI is InChI=1S/C20H20N4O3/c1-2-5-14-8-10-15(11-9-14)17-13-19(23-22-17)21-20(25)12-16-6-3-4-7-18(16)24(26)27/h3-4,6-11,13H,2,5,12H2,1H3,(H2,21,22,23,25). The van der Waals surface area contributed by atoms with Gasteiger partial charge in [0.2, 0.25) is 5.91 Å². The molecule has 7 heteroatoms. The summed E-state index contributed by atoms with van der Waals surface area (Å²) in [5, 5.41) is 20.7. The number of aromatic nitrogens is 2. The van der Waals surface area contributed by atoms with Gasteiger partial charge in [-0.2, -0.15) is 5.10 Å². The molecule has 1 aromatic heterocycles. The smallest absolute Gasteiger partial charge is 0.273 e. The summed E-state index contributed by atoms with van der Waals surface area (Å²) in [7, 11) is 0. The number of carbonyl (C=O) groups is 1. The number of anilines is 1. The first-order valence-corrected chi connectivity index (χ1v) is 8.73. The SMILES string of the molecule is CCCc1ccc(-c2cc(NC(=O)Cc3ccccc3[N+](=O)[O-])n[nH]2)cc1. The lowest BCUT2D eigenvalue weighted by molar-refractivity contribution is -0.385. The molecule has 0 bridgehead atoms. The molecule has 2 aromatic carbocycles. The van der Waals surface area contributed by atoms with Crippen LogP contribution in [0.1, 0.15) is 24.5 Å². The predicted molar refractivity (Wildman–Crippen MR) is 103 cm³/mol. The number of hydrogen-bond acceptors (Lipinski definition) is 4. The Kier molecular flexibility index (Phi) is 5.61. The van der Waals surface area contributed by atoms with Gasteiger partial charge in [-0.25, -0.2) is 0 Å². The Labute approximate surface area is 156 Å². The van der Waals surface area contributed by atoms with Crippen molar-refractivity contribution in [3.8, 4) is 11.3 Å². The number of H-pyrrole nitrogens is 1. The highest BCUT2D eigenvalue weighted by molar-refractivity contribution is 5.92. The van der Waals surface area contributed by atoms with E-state index in [1.165, 1.54) is 11.6 Å². The normalized spacial score (nSPS) is 10.6. The average Bonchev–Trinajstić information content (AvgIpc) is 3.11. The number of aryl methyl sites for hydroxylation is 1. The van der Waals surface area contributed by atoms with E-state index in [1.807, 2.05) is 12.1 Å². The lowest BCUT2D eigenvalue weighted by Gasteiger charge is -2.03. The number of benzene rings is 2. The van der Waals surface area contributed by atoms with E-state index in [2.05, 4.69) is 34.6 Å². The van der Waals surface area contributed by atoms with Gasteiger partial charge in [0.1, 0.15) is 0 Å². The molecule has 3 rings (SSSR count). The second-order valence-electron chi connectivity index (χ2n) is 6.22. The van der Waals surface area contributed by atoms with Gasteiger partial charge in [0.05, 0.1) is 17.0 Å². The largest absolute Gasteiger partial charge is 0.309 e. The van der Waals surface area contributed by atoms with Crippen molar-refractivity contribution in [1.29, 1.82) is 0 Å². The molecule has 0 radical (unpaired) electrons. The molecule has 2 N–H and O–H groups in total. The molecule has 0 saturated heterocycles. The van der Waals surface area contributed by atoms with Gasteiger partial charge in [0, 0.05) is 17.7 Å². The van der Waals surface area contributed by atoms with Gasteiger partial charge >= 0.3 is 0 Å². The fourth-order valence-electron chi connectivity index (χ4n) is 2.87. The molecule has 3 aromatic rings. The zero-order valence-electron chi connectivity index (χ0n) is 14.9. The van der Waals surface area contributed by atoms with Crippen molar-refractivity contribution in [2.24, 2.45) is 0 Å². The van der Waals surface area contributed by atoms with Gasteiger partial charge in [-0.15, -0.1) is 0 Å². The molecule has 0 unspecified atom stereocenters. The number of amides is 1. The zero-order chi connectivity index (χ0) is 19.2. The highest BCUT2D eigenvalue weighted by Gasteiger charge is 2.16. The molecule has 0 atom stereocenters. The van der Waals surface area contributed by atoms with Crippen LogP contribution in [0.4, 0.5) is 11.5 Å². The molecule has 0 aliphatic carbocycles. The van der Waals surface area contributed by atoms with E-state index in [0.717, 1.165) is 24.1 Å². The Morgan fingerprint density at radius 3 is 2.63 bits per heavy atom. The predicted octanol–water partition coefficient (Wildman–Crippen LogP) is 4.12. The van der Waals surface area contributed by atoms with Crippen molar-refractivity contribution in [2.75, 3.05) is 5.32 Å². The number of rotatable bonds is 7. The Bertz CT molecular complexity index is 948. The molecule has 0 spiro atoms. The first-order valence-electron chi connectivity index (χ1n) is 8.73. The van der Waals surface area contributed by atoms with Gasteiger partial charge in [0.15, 0.2) is 5.82 Å². The maximum absolute atomic E-state index is 12.2. The van der Waals surface area contributed by atoms with Crippen molar-refractivity contribution < 1.29 is 9.72 Å². The summed E-state index contributed by atoms with van der Waals surface area (Å²) in [4.78, 5) is 22.8. The minimum absolute atomic E-state index is 0.0671. The summed E-state index contributed by atoms with van der Waals surface area (Å²) in [5.74, 6) is 0.0202. The molecule has 27 heavy (non-hydrogen) atoms. The van der Waals surface area contributed by atoms with Crippen molar-refractivity contribution in [2.45, 2.75) is 26.2 Å². The third kappa shape index (κ3) is 4.58. The van der Waals surface area contributed by atoms with Crippen molar-refractivity contribution in [1.82, 2.24) is 10.2 Å². The Morgan fingerprint density at radius 2 is 1.93 bits per heavy atom. The molecule has 7 nitrogen and oxygen atoms in total. The number of para-hydroxylation sites is 1. The summed E-state index contributed by atoms with van der Waals surface area (Å²) < 4.78 is 0. The highest BCUT2D eigenvalue weighted by atomic mass is 16.6. The third-order valence-electron chi connectivity index (χ3n) is 4.19. The van der Waals surface area contributed by atoms with E-state index in [1.54, 1.807) is 24.3 Å². The number of nitrogens with zero attached hydrogens (tertiary/aromatic N) is 2. The van der Waals surface area contributed by atoms with Crippen molar-refractivity contribution in [3.63, 3.8) is 0 Å². The lowest BCUT2D eigenvalue weighted by Crippen LogP contribution is -2.15. The second-order valence-corrected chi connectivity index (χ2v) is 6.22. The molecule has 1 heterocycles. The molecular weight excluding hydrogens is 344 g/mol. The first-order chi connectivity index (χ1) is 13.1. The molecule has 138 valence electrons. The molecule has 1 amide bonds. The quantitative estimate of drug-likeness (QED) is 0.486. The molecular formula is C20H20N4O3. The van der Waals surface area contributed by atoms with E-state index in [9.17, 15) is 14.9 Å². The maximum atomic E-state index is 12.2. The van der Waals surface area contributed by atoms with Crippen molar-refractivity contribution >= 4 is 17.4 Å². The number of hydrogen-bond donors (Lipinski definition) is 2. The van der Waals surface area contributed by atoms with Crippen LogP contribution < -0.4 is 5.32 Å². The van der Waals surface area contributed by atoms with Crippen LogP contribution in [0.5, 0.6) is 0 Å². The summed E-state index contributed by atoms with van der Waals surface area (Å²) in [6.07, 6.45) is 2.04. The monoisotopic (exact) mass is 364 g/mol. The van der Waals surface area contributed by atoms with Crippen LogP contribution in [0.25, 0.3) is 11.3 Å². The van der Waals surface area contributed by atoms with E-state index in [-0.39, 0.29) is 18.0 Å². The summed E-state index contributed by atoms with van der Waals surface area (Å²) in [6.45, 7) is 2.14. The van der Waals surface area contributed by atoms with Crippen LogP contribution in [0.2, 0.25) is 0 Å². The lowest BCUT2D eigenvalue weighted by atomic mass is 10.1. The van der Waals surface area contributed by atoms with Crippen LogP contribution in [-0.2, 0) is 17.6 Å². The van der Waals surface area contributed by atoms with Gasteiger partial charge in [-0.1, -0.05) is 55.8 Å². The number of nitro benzene ring substituents is 1. The van der Waals surface area contributed by atoms with E-state index in [4.69, 9.17) is 0 Å². The van der Waals surface area contributed by atoms with Crippen LogP contribution in [0, 0.1) is 10.1 Å². The first kappa shape index (κ1) is 18.3. The number of aromatic amines is 1. The second kappa shape index (κ2) is 8.27. The summed E-state index contributed by atoms with van der Waals surface area (Å²) in [5.41, 5.74) is 3.34. The van der Waals surface area contributed by atoms with Gasteiger partial charge in [0.25, 0.3) is 5.69 Å². The number of carbonyl (C=O) groups excluding carboxylic acids is 1. The summed E-state index contributed by atoms with van der Waals surface area (Å²) in [6, 6.07) is 16.1. The van der Waals surface area contributed by atoms with Crippen LogP contribution in [0.3, 0.4) is 0 Å². The van der Waals surface area contributed by atoms with Crippen LogP contribution >= 0.6 is 0 Å². The van der Waals surface area contributed by atoms with Gasteiger partial charge in [-0.3, -0.25) is 20.0 Å². The summed E-state index contributed by atoms with van der Waals surface area (Å²) >= 11 is 0. The van der Waals surface area contributed by atoms with Crippen LogP contribution in [0.15, 0.2) is 54.6 Å². The Hall–Kier alpha value is -3.48. The Balaban J connectivity index is 1.67. The maximum Gasteiger partial charge on any atom is 0.273 e. The van der Waals surface area contributed by atoms with E-state index < -0.39 is 4.92 Å². The fourth-order valence-corrected chi connectivity index (χ4v) is 2.87. The molecule has 0 aliphatic rings. The number of nitro groups is 1. The van der Waals surface area contributed by atoms with Gasteiger partial charge in [-0.05, 0) is 17.5 Å². The zero-order valence-corrected chi connectivity index (χ0v) is 14.9. The average molecular weight is 364 g/mol. The van der Waals surface area contributed by atoms with Crippen LogP contribution in [-0.4, -0.2) is 21.0 Å². The Morgan fingerprint density at radius 1 is 1.19 bits per heavy atom. The topological polar surface area (TPSA) is 101 Å². The minimum atomic E-state index is -0.489.